The van der Waals surface area contributed by atoms with Crippen LogP contribution in [0.5, 0.6) is 0 Å². The van der Waals surface area contributed by atoms with Gasteiger partial charge in [-0.15, -0.1) is 0 Å². The van der Waals surface area contributed by atoms with Crippen LogP contribution < -0.4 is 0 Å². The predicted molar refractivity (Wildman–Crippen MR) is 11.7 cm³/mol. The Hall–Kier alpha value is 1.25. The number of rotatable bonds is 0. The maximum Gasteiger partial charge on any atom is 0 e. The molecule has 0 aromatic carbocycles. The molecule has 0 rings (SSSR count). The van der Waals surface area contributed by atoms with Crippen LogP contribution in [-0.2, 0) is 36.6 Å². The summed E-state index contributed by atoms with van der Waals surface area (Å²) in [5.41, 5.74) is 4.62. The molecule has 0 unspecified atom stereocenters. The van der Waals surface area contributed by atoms with Crippen LogP contribution in [0.15, 0.2) is 0 Å². The molecule has 0 spiro atoms. The topological polar surface area (TPSA) is 0 Å². The van der Waals surface area contributed by atoms with Crippen LogP contribution in [0.4, 0.5) is 0 Å². The smallest absolute Gasteiger partial charge is 0 e. The third-order valence-electron chi connectivity index (χ3n) is 0. The summed E-state index contributed by atoms with van der Waals surface area (Å²) in [5.74, 6) is 0. The van der Waals surface area contributed by atoms with Crippen molar-refractivity contribution in [2.75, 3.05) is 0 Å². The van der Waals surface area contributed by atoms with Gasteiger partial charge in [0.25, 0.3) is 0 Å². The molecular weight excluding hydrogens is 155 g/mol. The first-order valence-corrected chi connectivity index (χ1v) is 7.35. The second kappa shape index (κ2) is 8.87. The van der Waals surface area contributed by atoms with Crippen LogP contribution in [0.25, 0.3) is 0 Å². The van der Waals surface area contributed by atoms with Crippen LogP contribution in [0.3, 0.4) is 0 Å². The van der Waals surface area contributed by atoms with Crippen molar-refractivity contribution < 1.29 is 36.6 Å². The molecule has 0 saturated heterocycles. The van der Waals surface area contributed by atoms with E-state index in [4.69, 9.17) is 0 Å². The normalized spacial score (nSPS) is 2.50. The van der Waals surface area contributed by atoms with Crippen LogP contribution in [0.1, 0.15) is 0 Å². The number of hydrogen-bond donors (Lipinski definition) is 0. The van der Waals surface area contributed by atoms with Crippen molar-refractivity contribution in [3.63, 3.8) is 0 Å². The summed E-state index contributed by atoms with van der Waals surface area (Å²) < 4.78 is 0. The molecule has 0 bridgehead atoms. The largest absolute Gasteiger partial charge is 0 e. The van der Waals surface area contributed by atoms with Crippen molar-refractivity contribution in [1.82, 2.24) is 0 Å². The van der Waals surface area contributed by atoms with Gasteiger partial charge in [-0.1, -0.05) is 0 Å². The Kier molecular flexibility index (Phi) is 19.9. The summed E-state index contributed by atoms with van der Waals surface area (Å²) in [6, 6.07) is 0. The fraction of sp³-hybridized carbons (Fsp3) is 1.00. The van der Waals surface area contributed by atoms with E-state index in [-0.39, 0.29) is 36.6 Å². The molecule has 0 heterocycles. The summed E-state index contributed by atoms with van der Waals surface area (Å²) in [7, 11) is 0. The van der Waals surface area contributed by atoms with E-state index in [2.05, 4.69) is 11.0 Å². The quantitative estimate of drug-likeness (QED) is 0.467. The minimum Gasteiger partial charge on any atom is 0 e. The Balaban J connectivity index is 0. The van der Waals surface area contributed by atoms with Crippen molar-refractivity contribution in [3.8, 4) is 0 Å². The maximum absolute atomic E-state index is 2.31. The predicted octanol–water partition coefficient (Wildman–Crippen LogP) is 1.16. The van der Waals surface area contributed by atoms with Crippen LogP contribution in [0.2, 0.25) is 11.0 Å². The van der Waals surface area contributed by atoms with Gasteiger partial charge >= 0.3 is 28.2 Å². The molecule has 0 amide bonds. The first kappa shape index (κ1) is 8.98. The van der Waals surface area contributed by atoms with Gasteiger partial charge in [0.05, 0.1) is 0 Å². The third-order valence-corrected chi connectivity index (χ3v) is 0. The molecule has 18 valence electrons. The van der Waals surface area contributed by atoms with Gasteiger partial charge in [0.1, 0.15) is 0 Å². The van der Waals surface area contributed by atoms with Gasteiger partial charge in [0.2, 0.25) is 0 Å². The first-order valence-electron chi connectivity index (χ1n) is 1.41. The van der Waals surface area contributed by atoms with E-state index >= 15 is 0 Å². The minimum atomic E-state index is 0. The van der Waals surface area contributed by atoms with E-state index in [1.807, 2.05) is 0 Å². The molecular formula is C2H6Zn2. The molecule has 0 aromatic heterocycles. The average molecular weight is 161 g/mol. The second-order valence-electron chi connectivity index (χ2n) is 0.707. The Morgan fingerprint density at radius 3 is 1.25 bits per heavy atom. The summed E-state index contributed by atoms with van der Waals surface area (Å²) in [6.07, 6.45) is 0. The van der Waals surface area contributed by atoms with Gasteiger partial charge < -0.3 is 0 Å². The molecule has 2 heteroatoms. The Morgan fingerprint density at radius 1 is 1.25 bits per heavy atom. The van der Waals surface area contributed by atoms with Crippen LogP contribution >= 0.6 is 0 Å². The van der Waals surface area contributed by atoms with Gasteiger partial charge in [0, 0.05) is 19.5 Å². The van der Waals surface area contributed by atoms with Gasteiger partial charge in [-0.25, -0.2) is 0 Å². The Morgan fingerprint density at radius 2 is 1.25 bits per heavy atom. The summed E-state index contributed by atoms with van der Waals surface area (Å²) >= 11 is 0.125. The monoisotopic (exact) mass is 158 g/mol. The molecule has 0 N–H and O–H groups in total. The summed E-state index contributed by atoms with van der Waals surface area (Å²) in [6.45, 7) is 0. The third kappa shape index (κ3) is 10.5. The van der Waals surface area contributed by atoms with E-state index < -0.39 is 0 Å². The SMILES string of the molecule is [CH3][Zn][CH3].[Zn]. The van der Waals surface area contributed by atoms with E-state index in [9.17, 15) is 0 Å². The van der Waals surface area contributed by atoms with E-state index in [1.54, 1.807) is 0 Å². The van der Waals surface area contributed by atoms with Gasteiger partial charge in [-0.2, -0.15) is 0 Å². The van der Waals surface area contributed by atoms with Crippen molar-refractivity contribution in [3.05, 3.63) is 0 Å². The molecule has 0 saturated carbocycles. The zero-order valence-electron chi connectivity index (χ0n) is 3.41. The molecule has 0 nitrogen and oxygen atoms in total. The maximum atomic E-state index is 2.31. The van der Waals surface area contributed by atoms with E-state index in [0.717, 1.165) is 0 Å². The molecule has 0 radical (unpaired) electrons. The van der Waals surface area contributed by atoms with Gasteiger partial charge in [-0.3, -0.25) is 0 Å². The van der Waals surface area contributed by atoms with Crippen molar-refractivity contribution in [1.29, 1.82) is 0 Å². The minimum absolute atomic E-state index is 0. The van der Waals surface area contributed by atoms with Crippen molar-refractivity contribution in [2.24, 2.45) is 0 Å². The zero-order valence-corrected chi connectivity index (χ0v) is 9.35. The fourth-order valence-corrected chi connectivity index (χ4v) is 0. The van der Waals surface area contributed by atoms with Crippen molar-refractivity contribution >= 4 is 0 Å². The Bertz CT molecular complexity index is 4.00. The molecule has 0 aliphatic rings. The zero-order chi connectivity index (χ0) is 2.71. The molecule has 0 aliphatic heterocycles. The van der Waals surface area contributed by atoms with Gasteiger partial charge in [-0.05, 0) is 0 Å². The Labute approximate surface area is 47.7 Å². The summed E-state index contributed by atoms with van der Waals surface area (Å²) in [5, 5.41) is 0. The van der Waals surface area contributed by atoms with Crippen LogP contribution in [0, 0.1) is 0 Å². The van der Waals surface area contributed by atoms with Gasteiger partial charge in [0.15, 0.2) is 0 Å². The van der Waals surface area contributed by atoms with Crippen molar-refractivity contribution in [2.45, 2.75) is 11.0 Å². The van der Waals surface area contributed by atoms with E-state index in [0.29, 0.717) is 0 Å². The van der Waals surface area contributed by atoms with E-state index in [1.165, 1.54) is 0 Å². The fourth-order valence-electron chi connectivity index (χ4n) is 0. The second-order valence-corrected chi connectivity index (χ2v) is 3.67. The molecule has 0 atom stereocenters. The molecule has 4 heavy (non-hydrogen) atoms. The van der Waals surface area contributed by atoms with Crippen LogP contribution in [-0.4, -0.2) is 0 Å². The number of hydrogen-bond acceptors (Lipinski definition) is 0. The molecule has 0 aromatic rings. The molecule has 0 aliphatic carbocycles. The summed E-state index contributed by atoms with van der Waals surface area (Å²) in [4.78, 5) is 0. The molecule has 0 fully saturated rings. The standard InChI is InChI=1S/2CH3.2Zn/h2*1H3;;. The first-order chi connectivity index (χ1) is 1.41. The average Bonchev–Trinajstić information content (AvgIpc) is 0.918.